The van der Waals surface area contributed by atoms with E-state index < -0.39 is 16.0 Å². The molecule has 0 amide bonds. The van der Waals surface area contributed by atoms with Crippen molar-refractivity contribution in [3.05, 3.63) is 29.8 Å². The van der Waals surface area contributed by atoms with E-state index in [1.165, 1.54) is 10.6 Å². The minimum atomic E-state index is -3.35. The molecule has 1 aromatic rings. The van der Waals surface area contributed by atoms with Crippen LogP contribution in [0.5, 0.6) is 0 Å². The fourth-order valence-electron chi connectivity index (χ4n) is 3.10. The van der Waals surface area contributed by atoms with E-state index in [4.69, 9.17) is 5.11 Å². The van der Waals surface area contributed by atoms with Gasteiger partial charge in [0.05, 0.1) is 11.9 Å². The lowest BCUT2D eigenvalue weighted by molar-refractivity contribution is -0.137. The van der Waals surface area contributed by atoms with Crippen molar-refractivity contribution in [1.82, 2.24) is 0 Å². The van der Waals surface area contributed by atoms with Crippen LogP contribution in [0.25, 0.3) is 0 Å². The van der Waals surface area contributed by atoms with E-state index >= 15 is 0 Å². The molecule has 0 aliphatic carbocycles. The molecule has 0 saturated carbocycles. The Labute approximate surface area is 139 Å². The first-order valence-electron chi connectivity index (χ1n) is 8.10. The van der Waals surface area contributed by atoms with E-state index in [-0.39, 0.29) is 18.4 Å². The second-order valence-corrected chi connectivity index (χ2v) is 7.54. The smallest absolute Gasteiger partial charge is 0.303 e. The summed E-state index contributed by atoms with van der Waals surface area (Å²) in [7, 11) is -3.35. The van der Waals surface area contributed by atoms with E-state index in [1.807, 2.05) is 45.0 Å². The molecular formula is C17H27NO4S. The average Bonchev–Trinajstić information content (AvgIpc) is 2.48. The van der Waals surface area contributed by atoms with Gasteiger partial charge in [0.15, 0.2) is 0 Å². The van der Waals surface area contributed by atoms with Crippen molar-refractivity contribution in [1.29, 1.82) is 0 Å². The van der Waals surface area contributed by atoms with Crippen LogP contribution < -0.4 is 4.31 Å². The van der Waals surface area contributed by atoms with Crippen LogP contribution >= 0.6 is 0 Å². The lowest BCUT2D eigenvalue weighted by Gasteiger charge is -2.40. The molecule has 1 aliphatic rings. The molecule has 0 spiro atoms. The Kier molecular flexibility index (Phi) is 7.06. The first kappa shape index (κ1) is 19.5. The third-order valence-electron chi connectivity index (χ3n) is 4.09. The standard InChI is InChI=1S/C15H21NO4S.C2H6/c1-11-12(7-5-9-15(17)18)10-13-6-3-4-8-14(13)16(11)21(2,19)20;1-2/h3-4,6,8,11-12H,5,7,9-10H2,1-2H3,(H,17,18);1-2H3/t11-,12-;/m1./s1. The van der Waals surface area contributed by atoms with Gasteiger partial charge in [-0.1, -0.05) is 32.0 Å². The van der Waals surface area contributed by atoms with Crippen LogP contribution in [0.3, 0.4) is 0 Å². The second-order valence-electron chi connectivity index (χ2n) is 5.68. The maximum absolute atomic E-state index is 12.1. The molecule has 1 aromatic carbocycles. The Morgan fingerprint density at radius 3 is 2.48 bits per heavy atom. The molecule has 0 radical (unpaired) electrons. The quantitative estimate of drug-likeness (QED) is 0.892. The third-order valence-corrected chi connectivity index (χ3v) is 5.33. The minimum Gasteiger partial charge on any atom is -0.481 e. The summed E-state index contributed by atoms with van der Waals surface area (Å²) in [5.41, 5.74) is 1.77. The van der Waals surface area contributed by atoms with Crippen molar-refractivity contribution in [2.24, 2.45) is 5.92 Å². The highest BCUT2D eigenvalue weighted by Gasteiger charge is 2.35. The van der Waals surface area contributed by atoms with Gasteiger partial charge in [-0.2, -0.15) is 0 Å². The number of benzene rings is 1. The number of carboxylic acid groups (broad SMARTS) is 1. The number of carboxylic acids is 1. The van der Waals surface area contributed by atoms with Crippen molar-refractivity contribution >= 4 is 21.7 Å². The van der Waals surface area contributed by atoms with Gasteiger partial charge in [-0.15, -0.1) is 0 Å². The molecule has 1 heterocycles. The molecule has 1 aliphatic heterocycles. The molecule has 5 nitrogen and oxygen atoms in total. The van der Waals surface area contributed by atoms with Gasteiger partial charge in [-0.05, 0) is 43.7 Å². The van der Waals surface area contributed by atoms with Crippen molar-refractivity contribution in [3.8, 4) is 0 Å². The summed E-state index contributed by atoms with van der Waals surface area (Å²) in [6, 6.07) is 7.38. The molecule has 130 valence electrons. The predicted octanol–water partition coefficient (Wildman–Crippen LogP) is 3.29. The SMILES string of the molecule is CC.C[C@@H]1[C@H](CCCC(=O)O)Cc2ccccc2N1S(C)(=O)=O. The summed E-state index contributed by atoms with van der Waals surface area (Å²) in [4.78, 5) is 10.6. The van der Waals surface area contributed by atoms with E-state index in [0.717, 1.165) is 17.7 Å². The summed E-state index contributed by atoms with van der Waals surface area (Å²) < 4.78 is 25.7. The summed E-state index contributed by atoms with van der Waals surface area (Å²) in [5, 5.41) is 8.74. The normalized spacial score (nSPS) is 20.3. The van der Waals surface area contributed by atoms with Crippen LogP contribution in [0.4, 0.5) is 5.69 Å². The Bertz CT molecular complexity index is 627. The molecule has 0 saturated heterocycles. The van der Waals surface area contributed by atoms with Crippen LogP contribution in [-0.4, -0.2) is 31.8 Å². The number of nitrogens with zero attached hydrogens (tertiary/aromatic N) is 1. The van der Waals surface area contributed by atoms with Gasteiger partial charge in [0.1, 0.15) is 0 Å². The summed E-state index contributed by atoms with van der Waals surface area (Å²) in [6.45, 7) is 5.91. The van der Waals surface area contributed by atoms with Crippen LogP contribution in [-0.2, 0) is 21.2 Å². The van der Waals surface area contributed by atoms with Gasteiger partial charge in [-0.25, -0.2) is 8.42 Å². The number of sulfonamides is 1. The predicted molar refractivity (Wildman–Crippen MR) is 93.3 cm³/mol. The molecule has 23 heavy (non-hydrogen) atoms. The van der Waals surface area contributed by atoms with Gasteiger partial charge < -0.3 is 5.11 Å². The maximum atomic E-state index is 12.1. The lowest BCUT2D eigenvalue weighted by atomic mass is 9.84. The number of aliphatic carboxylic acids is 1. The number of rotatable bonds is 5. The molecule has 0 aromatic heterocycles. The first-order chi connectivity index (χ1) is 10.8. The van der Waals surface area contributed by atoms with Crippen LogP contribution in [0.2, 0.25) is 0 Å². The van der Waals surface area contributed by atoms with Crippen molar-refractivity contribution in [2.45, 2.75) is 52.5 Å². The average molecular weight is 341 g/mol. The Morgan fingerprint density at radius 2 is 1.91 bits per heavy atom. The number of carbonyl (C=O) groups is 1. The van der Waals surface area contributed by atoms with Crippen LogP contribution in [0.1, 0.15) is 45.6 Å². The van der Waals surface area contributed by atoms with Crippen LogP contribution in [0, 0.1) is 5.92 Å². The molecular weight excluding hydrogens is 314 g/mol. The molecule has 0 unspecified atom stereocenters. The topological polar surface area (TPSA) is 74.7 Å². The zero-order valence-electron chi connectivity index (χ0n) is 14.3. The summed E-state index contributed by atoms with van der Waals surface area (Å²) >= 11 is 0. The molecule has 0 bridgehead atoms. The molecule has 2 atom stereocenters. The van der Waals surface area contributed by atoms with E-state index in [9.17, 15) is 13.2 Å². The highest BCUT2D eigenvalue weighted by atomic mass is 32.2. The van der Waals surface area contributed by atoms with Gasteiger partial charge >= 0.3 is 5.97 Å². The van der Waals surface area contributed by atoms with Gasteiger partial charge in [0, 0.05) is 12.5 Å². The van der Waals surface area contributed by atoms with E-state index in [2.05, 4.69) is 0 Å². The summed E-state index contributed by atoms with van der Waals surface area (Å²) in [6.07, 6.45) is 3.44. The lowest BCUT2D eigenvalue weighted by Crippen LogP contribution is -2.46. The molecule has 0 fully saturated rings. The minimum absolute atomic E-state index is 0.129. The highest BCUT2D eigenvalue weighted by molar-refractivity contribution is 7.92. The Hall–Kier alpha value is -1.56. The zero-order chi connectivity index (χ0) is 17.6. The monoisotopic (exact) mass is 341 g/mol. The largest absolute Gasteiger partial charge is 0.481 e. The molecule has 6 heteroatoms. The van der Waals surface area contributed by atoms with E-state index in [0.29, 0.717) is 12.8 Å². The van der Waals surface area contributed by atoms with Gasteiger partial charge in [-0.3, -0.25) is 9.10 Å². The number of anilines is 1. The maximum Gasteiger partial charge on any atom is 0.303 e. The van der Waals surface area contributed by atoms with Crippen molar-refractivity contribution in [2.75, 3.05) is 10.6 Å². The van der Waals surface area contributed by atoms with Crippen molar-refractivity contribution in [3.63, 3.8) is 0 Å². The number of para-hydroxylation sites is 1. The fraction of sp³-hybridized carbons (Fsp3) is 0.588. The molecule has 1 N–H and O–H groups in total. The molecule has 2 rings (SSSR count). The van der Waals surface area contributed by atoms with Crippen LogP contribution in [0.15, 0.2) is 24.3 Å². The Balaban J connectivity index is 0.00000127. The zero-order valence-corrected chi connectivity index (χ0v) is 15.1. The number of hydrogen-bond acceptors (Lipinski definition) is 3. The second kappa shape index (κ2) is 8.34. The first-order valence-corrected chi connectivity index (χ1v) is 9.94. The van der Waals surface area contributed by atoms with Gasteiger partial charge in [0.25, 0.3) is 0 Å². The highest BCUT2D eigenvalue weighted by Crippen LogP contribution is 2.37. The number of hydrogen-bond donors (Lipinski definition) is 1. The van der Waals surface area contributed by atoms with Gasteiger partial charge in [0.2, 0.25) is 10.0 Å². The van der Waals surface area contributed by atoms with Crippen molar-refractivity contribution < 1.29 is 18.3 Å². The third kappa shape index (κ3) is 4.96. The fourth-order valence-corrected chi connectivity index (χ4v) is 4.41. The number of fused-ring (bicyclic) bond motifs is 1. The summed E-state index contributed by atoms with van der Waals surface area (Å²) in [5.74, 6) is -0.659. The van der Waals surface area contributed by atoms with E-state index in [1.54, 1.807) is 0 Å². The Morgan fingerprint density at radius 1 is 1.30 bits per heavy atom.